The summed E-state index contributed by atoms with van der Waals surface area (Å²) in [5.74, 6) is 0.194. The molecule has 0 aliphatic rings. The summed E-state index contributed by atoms with van der Waals surface area (Å²) in [6.45, 7) is 2.11. The molecule has 3 aromatic rings. The van der Waals surface area contributed by atoms with Crippen molar-refractivity contribution >= 4 is 46.9 Å². The number of hydrogen-bond donors (Lipinski definition) is 3. The van der Waals surface area contributed by atoms with E-state index in [9.17, 15) is 9.59 Å². The predicted octanol–water partition coefficient (Wildman–Crippen LogP) is 2.39. The van der Waals surface area contributed by atoms with E-state index in [-0.39, 0.29) is 30.0 Å². The lowest BCUT2D eigenvalue weighted by Crippen LogP contribution is -2.35. The van der Waals surface area contributed by atoms with Crippen LogP contribution < -0.4 is 16.3 Å². The lowest BCUT2D eigenvalue weighted by molar-refractivity contribution is -0.117. The molecule has 2 heterocycles. The number of benzene rings is 1. The summed E-state index contributed by atoms with van der Waals surface area (Å²) in [5, 5.41) is 6.23. The van der Waals surface area contributed by atoms with Crippen molar-refractivity contribution in [3.05, 3.63) is 57.5 Å². The van der Waals surface area contributed by atoms with Crippen LogP contribution in [-0.2, 0) is 11.3 Å². The Morgan fingerprint density at radius 3 is 2.62 bits per heavy atom. The maximum absolute atomic E-state index is 12.2. The maximum atomic E-state index is 12.2. The molecule has 1 amide bonds. The number of aromatic amines is 1. The zero-order valence-electron chi connectivity index (χ0n) is 14.2. The molecule has 0 fully saturated rings. The largest absolute Gasteiger partial charge is 0.327 e. The van der Waals surface area contributed by atoms with Crippen molar-refractivity contribution in [1.82, 2.24) is 19.9 Å². The number of anilines is 1. The van der Waals surface area contributed by atoms with Gasteiger partial charge >= 0.3 is 5.69 Å². The molecule has 0 saturated heterocycles. The summed E-state index contributed by atoms with van der Waals surface area (Å²) in [6, 6.07) is 10.3. The minimum atomic E-state index is -0.347. The number of likely N-dealkylation sites (N-methyl/N-ethyl adjacent to an activating group) is 1. The number of rotatable bonds is 5. The molecule has 0 radical (unpaired) electrons. The number of pyridine rings is 1. The van der Waals surface area contributed by atoms with Crippen LogP contribution in [0.4, 0.5) is 5.82 Å². The SMILES string of the molecule is CNC(C)C(=O)Nc1ccc2[nH]c(=O)n(Cc3ccc(Cl)cc3)c2n1.Cl. The van der Waals surface area contributed by atoms with Crippen molar-refractivity contribution in [2.75, 3.05) is 12.4 Å². The third-order valence-electron chi connectivity index (χ3n) is 3.95. The highest BCUT2D eigenvalue weighted by atomic mass is 35.5. The summed E-state index contributed by atoms with van der Waals surface area (Å²) in [5.41, 5.74) is 1.76. The average Bonchev–Trinajstić information content (AvgIpc) is 2.91. The van der Waals surface area contributed by atoms with Crippen LogP contribution in [0.25, 0.3) is 11.2 Å². The van der Waals surface area contributed by atoms with Crippen LogP contribution in [0.3, 0.4) is 0 Å². The van der Waals surface area contributed by atoms with Gasteiger partial charge in [-0.2, -0.15) is 0 Å². The number of halogens is 2. The standard InChI is InChI=1S/C17H18ClN5O2.ClH/c1-10(19-2)16(24)22-14-8-7-13-15(21-14)23(17(25)20-13)9-11-3-5-12(18)6-4-11;/h3-8,10,19H,9H2,1-2H3,(H,20,25)(H,21,22,24);1H. The third-order valence-corrected chi connectivity index (χ3v) is 4.20. The fourth-order valence-corrected chi connectivity index (χ4v) is 2.51. The Labute approximate surface area is 161 Å². The van der Waals surface area contributed by atoms with Crippen molar-refractivity contribution in [2.45, 2.75) is 19.5 Å². The molecule has 0 aliphatic carbocycles. The number of nitrogens with zero attached hydrogens (tertiary/aromatic N) is 2. The molecule has 0 spiro atoms. The highest BCUT2D eigenvalue weighted by Crippen LogP contribution is 2.15. The smallest absolute Gasteiger partial charge is 0.309 e. The molecule has 2 aromatic heterocycles. The van der Waals surface area contributed by atoms with Crippen molar-refractivity contribution < 1.29 is 4.79 Å². The van der Waals surface area contributed by atoms with Gasteiger partial charge in [0.05, 0.1) is 18.1 Å². The molecule has 0 aliphatic heterocycles. The molecule has 1 aromatic carbocycles. The number of imidazole rings is 1. The molecule has 0 saturated carbocycles. The summed E-state index contributed by atoms with van der Waals surface area (Å²) < 4.78 is 1.52. The Morgan fingerprint density at radius 2 is 1.96 bits per heavy atom. The number of aromatic nitrogens is 3. The highest BCUT2D eigenvalue weighted by molar-refractivity contribution is 6.30. The summed E-state index contributed by atoms with van der Waals surface area (Å²) >= 11 is 5.89. The number of carbonyl (C=O) groups is 1. The third kappa shape index (κ3) is 4.24. The van der Waals surface area contributed by atoms with Gasteiger partial charge in [0, 0.05) is 5.02 Å². The van der Waals surface area contributed by atoms with Crippen molar-refractivity contribution in [1.29, 1.82) is 0 Å². The van der Waals surface area contributed by atoms with Crippen LogP contribution in [0.2, 0.25) is 5.02 Å². The molecule has 1 atom stereocenters. The van der Waals surface area contributed by atoms with Gasteiger partial charge in [0.25, 0.3) is 0 Å². The second kappa shape index (κ2) is 8.35. The molecule has 138 valence electrons. The van der Waals surface area contributed by atoms with E-state index in [0.717, 1.165) is 5.56 Å². The molecular weight excluding hydrogens is 377 g/mol. The molecule has 3 N–H and O–H groups in total. The van der Waals surface area contributed by atoms with Crippen LogP contribution in [0, 0.1) is 0 Å². The summed E-state index contributed by atoms with van der Waals surface area (Å²) in [7, 11) is 1.71. The topological polar surface area (TPSA) is 91.8 Å². The Kier molecular flexibility index (Phi) is 6.42. The van der Waals surface area contributed by atoms with Crippen molar-refractivity contribution in [3.63, 3.8) is 0 Å². The van der Waals surface area contributed by atoms with E-state index in [0.29, 0.717) is 28.5 Å². The molecule has 26 heavy (non-hydrogen) atoms. The van der Waals surface area contributed by atoms with E-state index in [4.69, 9.17) is 11.6 Å². The molecule has 1 unspecified atom stereocenters. The summed E-state index contributed by atoms with van der Waals surface area (Å²) in [4.78, 5) is 31.4. The number of nitrogens with one attached hydrogen (secondary N) is 3. The predicted molar refractivity (Wildman–Crippen MR) is 105 cm³/mol. The van der Waals surface area contributed by atoms with Gasteiger partial charge in [-0.05, 0) is 43.8 Å². The number of hydrogen-bond acceptors (Lipinski definition) is 4. The Balaban J connectivity index is 0.00000243. The first-order chi connectivity index (χ1) is 12.0. The van der Waals surface area contributed by atoms with Crippen LogP contribution in [0.5, 0.6) is 0 Å². The van der Waals surface area contributed by atoms with Crippen molar-refractivity contribution in [3.8, 4) is 0 Å². The molecular formula is C17H19Cl2N5O2. The van der Waals surface area contributed by atoms with E-state index in [2.05, 4.69) is 20.6 Å². The Hall–Kier alpha value is -2.35. The van der Waals surface area contributed by atoms with E-state index in [1.165, 1.54) is 4.57 Å². The van der Waals surface area contributed by atoms with E-state index in [1.807, 2.05) is 12.1 Å². The fraction of sp³-hybridized carbons (Fsp3) is 0.235. The first-order valence-electron chi connectivity index (χ1n) is 7.80. The lowest BCUT2D eigenvalue weighted by Gasteiger charge is -2.10. The maximum Gasteiger partial charge on any atom is 0.327 e. The number of H-pyrrole nitrogens is 1. The van der Waals surface area contributed by atoms with Gasteiger partial charge in [-0.15, -0.1) is 12.4 Å². The summed E-state index contributed by atoms with van der Waals surface area (Å²) in [6.07, 6.45) is 0. The monoisotopic (exact) mass is 395 g/mol. The van der Waals surface area contributed by atoms with Gasteiger partial charge in [0.15, 0.2) is 5.65 Å². The lowest BCUT2D eigenvalue weighted by atomic mass is 10.2. The van der Waals surface area contributed by atoms with Gasteiger partial charge in [0.2, 0.25) is 5.91 Å². The van der Waals surface area contributed by atoms with Gasteiger partial charge in [0.1, 0.15) is 5.82 Å². The Morgan fingerprint density at radius 1 is 1.27 bits per heavy atom. The molecule has 3 rings (SSSR count). The minimum absolute atomic E-state index is 0. The van der Waals surface area contributed by atoms with Crippen LogP contribution in [0.15, 0.2) is 41.2 Å². The van der Waals surface area contributed by atoms with Crippen LogP contribution in [0.1, 0.15) is 12.5 Å². The second-order valence-electron chi connectivity index (χ2n) is 5.71. The normalized spacial score (nSPS) is 11.8. The minimum Gasteiger partial charge on any atom is -0.309 e. The number of carbonyl (C=O) groups excluding carboxylic acids is 1. The molecule has 0 bridgehead atoms. The zero-order valence-corrected chi connectivity index (χ0v) is 15.8. The first-order valence-corrected chi connectivity index (χ1v) is 8.18. The van der Waals surface area contributed by atoms with Gasteiger partial charge in [-0.1, -0.05) is 23.7 Å². The van der Waals surface area contributed by atoms with Gasteiger partial charge in [-0.3, -0.25) is 9.36 Å². The van der Waals surface area contributed by atoms with E-state index >= 15 is 0 Å². The fourth-order valence-electron chi connectivity index (χ4n) is 2.38. The van der Waals surface area contributed by atoms with Crippen LogP contribution in [-0.4, -0.2) is 33.5 Å². The number of fused-ring (bicyclic) bond motifs is 1. The zero-order chi connectivity index (χ0) is 18.0. The van der Waals surface area contributed by atoms with Gasteiger partial charge < -0.3 is 15.6 Å². The highest BCUT2D eigenvalue weighted by Gasteiger charge is 2.13. The quantitative estimate of drug-likeness (QED) is 0.618. The molecule has 9 heteroatoms. The Bertz CT molecular complexity index is 965. The van der Waals surface area contributed by atoms with E-state index < -0.39 is 0 Å². The average molecular weight is 396 g/mol. The van der Waals surface area contributed by atoms with Gasteiger partial charge in [-0.25, -0.2) is 9.78 Å². The van der Waals surface area contributed by atoms with Crippen molar-refractivity contribution in [2.24, 2.45) is 0 Å². The van der Waals surface area contributed by atoms with E-state index in [1.54, 1.807) is 38.2 Å². The molecule has 7 nitrogen and oxygen atoms in total. The second-order valence-corrected chi connectivity index (χ2v) is 6.15. The van der Waals surface area contributed by atoms with Crippen LogP contribution >= 0.6 is 24.0 Å². The number of amides is 1. The first kappa shape index (κ1) is 20.0.